The Balaban J connectivity index is 1.53. The van der Waals surface area contributed by atoms with Gasteiger partial charge in [-0.2, -0.15) is 0 Å². The van der Waals surface area contributed by atoms with E-state index in [9.17, 15) is 4.79 Å². The highest BCUT2D eigenvalue weighted by Crippen LogP contribution is 2.39. The van der Waals surface area contributed by atoms with Gasteiger partial charge in [0.25, 0.3) is 0 Å². The van der Waals surface area contributed by atoms with Gasteiger partial charge in [0.2, 0.25) is 11.1 Å². The van der Waals surface area contributed by atoms with Gasteiger partial charge in [-0.15, -0.1) is 10.2 Å². The average molecular weight is 470 g/mol. The molecule has 1 amide bonds. The fourth-order valence-electron chi connectivity index (χ4n) is 4.42. The van der Waals surface area contributed by atoms with Gasteiger partial charge in [0.1, 0.15) is 5.25 Å². The van der Waals surface area contributed by atoms with E-state index in [0.29, 0.717) is 5.16 Å². The summed E-state index contributed by atoms with van der Waals surface area (Å²) in [6.45, 7) is 8.19. The first kappa shape index (κ1) is 22.2. The van der Waals surface area contributed by atoms with Gasteiger partial charge in [-0.1, -0.05) is 89.6 Å². The molecular formula is C27H27N5OS. The topological polar surface area (TPSA) is 71.8 Å². The van der Waals surface area contributed by atoms with Gasteiger partial charge < -0.3 is 10.7 Å². The van der Waals surface area contributed by atoms with E-state index in [1.54, 1.807) is 0 Å². The normalized spacial score (nSPS) is 17.1. The van der Waals surface area contributed by atoms with Crippen LogP contribution in [-0.4, -0.2) is 26.0 Å². The smallest absolute Gasteiger partial charge is 0.240 e. The summed E-state index contributed by atoms with van der Waals surface area (Å²) in [5.41, 5.74) is 10.9. The number of benzene rings is 3. The highest BCUT2D eigenvalue weighted by molar-refractivity contribution is 8.00. The Morgan fingerprint density at radius 1 is 0.912 bits per heavy atom. The second kappa shape index (κ2) is 8.99. The minimum absolute atomic E-state index is 0.0614. The molecule has 6 nitrogen and oxygen atoms in total. The quantitative estimate of drug-likeness (QED) is 0.408. The summed E-state index contributed by atoms with van der Waals surface area (Å²) in [6, 6.07) is 22.2. The van der Waals surface area contributed by atoms with Crippen molar-refractivity contribution in [3.8, 4) is 11.4 Å². The van der Waals surface area contributed by atoms with Crippen LogP contribution in [0.15, 0.2) is 71.9 Å². The van der Waals surface area contributed by atoms with Crippen molar-refractivity contribution in [2.75, 3.05) is 10.7 Å². The number of hydrogen-bond donors (Lipinski definition) is 2. The summed E-state index contributed by atoms with van der Waals surface area (Å²) >= 11 is 1.44. The Bertz CT molecular complexity index is 1320. The molecular weight excluding hydrogens is 442 g/mol. The molecule has 5 rings (SSSR count). The zero-order valence-corrected chi connectivity index (χ0v) is 20.5. The number of hydrogen-bond acceptors (Lipinski definition) is 5. The highest BCUT2D eigenvalue weighted by Gasteiger charge is 2.38. The number of aromatic nitrogens is 3. The summed E-state index contributed by atoms with van der Waals surface area (Å²) in [5.74, 6) is 0.665. The maximum Gasteiger partial charge on any atom is 0.240 e. The van der Waals surface area contributed by atoms with Crippen molar-refractivity contribution in [2.45, 2.75) is 44.1 Å². The Hall–Kier alpha value is -3.58. The van der Waals surface area contributed by atoms with Crippen molar-refractivity contribution in [3.05, 3.63) is 94.5 Å². The number of nitrogens with zero attached hydrogens (tertiary/aromatic N) is 3. The van der Waals surface area contributed by atoms with Crippen LogP contribution in [0, 0.1) is 27.7 Å². The minimum atomic E-state index is -0.428. The average Bonchev–Trinajstić information content (AvgIpc) is 3.24. The molecule has 0 unspecified atom stereocenters. The predicted octanol–water partition coefficient (Wildman–Crippen LogP) is 5.58. The molecule has 0 saturated carbocycles. The predicted molar refractivity (Wildman–Crippen MR) is 138 cm³/mol. The van der Waals surface area contributed by atoms with E-state index < -0.39 is 5.25 Å². The monoisotopic (exact) mass is 469 g/mol. The molecule has 0 spiro atoms. The molecule has 2 N–H and O–H groups in total. The molecule has 4 aromatic rings. The zero-order chi connectivity index (χ0) is 23.8. The number of rotatable bonds is 4. The Kier molecular flexibility index (Phi) is 5.87. The molecule has 34 heavy (non-hydrogen) atoms. The molecule has 1 aliphatic heterocycles. The van der Waals surface area contributed by atoms with E-state index in [2.05, 4.69) is 71.2 Å². The van der Waals surface area contributed by atoms with Crippen LogP contribution in [0.4, 0.5) is 5.69 Å². The molecule has 0 radical (unpaired) electrons. The summed E-state index contributed by atoms with van der Waals surface area (Å²) < 4.78 is 1.90. The molecule has 172 valence electrons. The SMILES string of the molecule is Cc1ccc([C@H]2Nn3c(nnc3-c3ccccc3)S[C@@H]2C(=O)Nc2c(C)cc(C)cc2C)cc1. The molecule has 1 aromatic heterocycles. The highest BCUT2D eigenvalue weighted by atomic mass is 32.2. The number of aryl methyl sites for hydroxylation is 4. The van der Waals surface area contributed by atoms with Crippen molar-refractivity contribution in [1.82, 2.24) is 14.9 Å². The minimum Gasteiger partial charge on any atom is -0.325 e. The van der Waals surface area contributed by atoms with E-state index in [0.717, 1.165) is 33.8 Å². The zero-order valence-electron chi connectivity index (χ0n) is 19.7. The van der Waals surface area contributed by atoms with Crippen LogP contribution in [0.2, 0.25) is 0 Å². The van der Waals surface area contributed by atoms with Crippen molar-refractivity contribution in [3.63, 3.8) is 0 Å². The fraction of sp³-hybridized carbons (Fsp3) is 0.222. The Morgan fingerprint density at radius 2 is 1.59 bits per heavy atom. The second-order valence-corrected chi connectivity index (χ2v) is 9.94. The van der Waals surface area contributed by atoms with E-state index in [4.69, 9.17) is 0 Å². The third-order valence-electron chi connectivity index (χ3n) is 6.09. The van der Waals surface area contributed by atoms with Crippen molar-refractivity contribution in [1.29, 1.82) is 0 Å². The van der Waals surface area contributed by atoms with E-state index in [-0.39, 0.29) is 11.9 Å². The van der Waals surface area contributed by atoms with Crippen LogP contribution in [0.25, 0.3) is 11.4 Å². The van der Waals surface area contributed by atoms with Crippen LogP contribution in [0.1, 0.15) is 33.9 Å². The maximum absolute atomic E-state index is 13.7. The van der Waals surface area contributed by atoms with Gasteiger partial charge in [0.05, 0.1) is 6.04 Å². The van der Waals surface area contributed by atoms with Crippen molar-refractivity contribution < 1.29 is 4.79 Å². The fourth-order valence-corrected chi connectivity index (χ4v) is 5.50. The first-order valence-electron chi connectivity index (χ1n) is 11.3. The van der Waals surface area contributed by atoms with Crippen molar-refractivity contribution in [2.24, 2.45) is 0 Å². The molecule has 2 heterocycles. The first-order chi connectivity index (χ1) is 16.4. The number of thioether (sulfide) groups is 1. The molecule has 0 bridgehead atoms. The standard InChI is InChI=1S/C27H27N5OS/c1-16-10-12-20(13-11-16)23-24(26(33)28-22-18(3)14-17(2)15-19(22)4)34-27-30-29-25(32(27)31-23)21-8-6-5-7-9-21/h5-15,23-24,31H,1-4H3,(H,28,33)/t23-,24+/m1/s1. The molecule has 1 aliphatic rings. The second-order valence-electron chi connectivity index (χ2n) is 8.83. The van der Waals surface area contributed by atoms with Crippen LogP contribution < -0.4 is 10.7 Å². The lowest BCUT2D eigenvalue weighted by molar-refractivity contribution is -0.116. The summed E-state index contributed by atoms with van der Waals surface area (Å²) in [6.07, 6.45) is 0. The lowest BCUT2D eigenvalue weighted by Gasteiger charge is -2.33. The summed E-state index contributed by atoms with van der Waals surface area (Å²) in [4.78, 5) is 13.7. The lowest BCUT2D eigenvalue weighted by atomic mass is 10.0. The molecule has 0 saturated heterocycles. The molecule has 2 atom stereocenters. The van der Waals surface area contributed by atoms with E-state index >= 15 is 0 Å². The van der Waals surface area contributed by atoms with Gasteiger partial charge >= 0.3 is 0 Å². The van der Waals surface area contributed by atoms with Crippen LogP contribution >= 0.6 is 11.8 Å². The van der Waals surface area contributed by atoms with Gasteiger partial charge in [-0.3, -0.25) is 4.79 Å². The number of anilines is 1. The molecule has 0 fully saturated rings. The van der Waals surface area contributed by atoms with Crippen LogP contribution in [0.3, 0.4) is 0 Å². The number of fused-ring (bicyclic) bond motifs is 1. The van der Waals surface area contributed by atoms with E-state index in [1.807, 2.05) is 48.9 Å². The number of nitrogens with one attached hydrogen (secondary N) is 2. The van der Waals surface area contributed by atoms with Gasteiger partial charge in [0, 0.05) is 11.3 Å². The van der Waals surface area contributed by atoms with Crippen molar-refractivity contribution >= 4 is 23.4 Å². The van der Waals surface area contributed by atoms with Gasteiger partial charge in [-0.25, -0.2) is 4.68 Å². The molecule has 0 aliphatic carbocycles. The largest absolute Gasteiger partial charge is 0.325 e. The molecule has 7 heteroatoms. The summed E-state index contributed by atoms with van der Waals surface area (Å²) in [5, 5.41) is 12.3. The maximum atomic E-state index is 13.7. The third kappa shape index (κ3) is 4.19. The van der Waals surface area contributed by atoms with Crippen LogP contribution in [-0.2, 0) is 4.79 Å². The number of carbonyl (C=O) groups is 1. The molecule has 3 aromatic carbocycles. The lowest BCUT2D eigenvalue weighted by Crippen LogP contribution is -2.41. The third-order valence-corrected chi connectivity index (χ3v) is 7.30. The number of carbonyl (C=O) groups excluding carboxylic acids is 1. The van der Waals surface area contributed by atoms with Gasteiger partial charge in [-0.05, 0) is 44.4 Å². The Morgan fingerprint density at radius 3 is 2.26 bits per heavy atom. The summed E-state index contributed by atoms with van der Waals surface area (Å²) in [7, 11) is 0. The van der Waals surface area contributed by atoms with Crippen LogP contribution in [0.5, 0.6) is 0 Å². The number of amides is 1. The Labute approximate surface area is 203 Å². The van der Waals surface area contributed by atoms with Gasteiger partial charge in [0.15, 0.2) is 5.82 Å². The first-order valence-corrected chi connectivity index (χ1v) is 12.2. The van der Waals surface area contributed by atoms with E-state index in [1.165, 1.54) is 22.9 Å².